The number of aryl methyl sites for hydroxylation is 2. The zero-order valence-corrected chi connectivity index (χ0v) is 10.4. The predicted octanol–water partition coefficient (Wildman–Crippen LogP) is -0.643. The number of carbonyl (C=O) groups excluding carboxylic acids is 1. The standard InChI is InChI=1S/C11H16N4O3/c1-7-5-8(14(2)13-7)9(16)15-4-3-11(12,6-15)10(17)18/h5H,3-4,6,12H2,1-2H3,(H,17,18). The van der Waals surface area contributed by atoms with Crippen molar-refractivity contribution in [3.8, 4) is 0 Å². The van der Waals surface area contributed by atoms with Gasteiger partial charge in [0.05, 0.1) is 5.69 Å². The molecule has 1 aromatic rings. The lowest BCUT2D eigenvalue weighted by atomic mass is 10.0. The fourth-order valence-corrected chi connectivity index (χ4v) is 2.15. The van der Waals surface area contributed by atoms with E-state index < -0.39 is 11.5 Å². The molecule has 18 heavy (non-hydrogen) atoms. The summed E-state index contributed by atoms with van der Waals surface area (Å²) in [6.07, 6.45) is 0.269. The maximum Gasteiger partial charge on any atom is 0.325 e. The Morgan fingerprint density at radius 1 is 1.56 bits per heavy atom. The molecule has 98 valence electrons. The first kappa shape index (κ1) is 12.6. The first-order chi connectivity index (χ1) is 8.33. The fourth-order valence-electron chi connectivity index (χ4n) is 2.15. The van der Waals surface area contributed by atoms with Gasteiger partial charge in [-0.25, -0.2) is 0 Å². The number of nitrogens with two attached hydrogens (primary N) is 1. The minimum Gasteiger partial charge on any atom is -0.480 e. The molecule has 2 rings (SSSR count). The van der Waals surface area contributed by atoms with Gasteiger partial charge in [-0.15, -0.1) is 0 Å². The van der Waals surface area contributed by atoms with Gasteiger partial charge in [-0.1, -0.05) is 0 Å². The highest BCUT2D eigenvalue weighted by Gasteiger charge is 2.43. The van der Waals surface area contributed by atoms with Gasteiger partial charge in [0.15, 0.2) is 0 Å². The van der Waals surface area contributed by atoms with Gasteiger partial charge in [-0.3, -0.25) is 14.3 Å². The molecule has 0 spiro atoms. The minimum atomic E-state index is -1.33. The molecule has 1 atom stereocenters. The Hall–Kier alpha value is -1.89. The molecule has 1 fully saturated rings. The van der Waals surface area contributed by atoms with Crippen molar-refractivity contribution in [3.05, 3.63) is 17.5 Å². The maximum atomic E-state index is 12.2. The second-order valence-corrected chi connectivity index (χ2v) is 4.73. The highest BCUT2D eigenvalue weighted by Crippen LogP contribution is 2.21. The third kappa shape index (κ3) is 1.97. The maximum absolute atomic E-state index is 12.2. The molecule has 1 aromatic heterocycles. The van der Waals surface area contributed by atoms with Crippen LogP contribution in [-0.2, 0) is 11.8 Å². The average molecular weight is 252 g/mol. The lowest BCUT2D eigenvalue weighted by molar-refractivity contribution is -0.142. The molecule has 0 radical (unpaired) electrons. The Morgan fingerprint density at radius 3 is 2.67 bits per heavy atom. The first-order valence-corrected chi connectivity index (χ1v) is 5.66. The third-order valence-corrected chi connectivity index (χ3v) is 3.24. The summed E-state index contributed by atoms with van der Waals surface area (Å²) in [7, 11) is 1.68. The lowest BCUT2D eigenvalue weighted by Crippen LogP contribution is -2.50. The number of rotatable bonds is 2. The number of aromatic nitrogens is 2. The molecule has 2 heterocycles. The quantitative estimate of drug-likeness (QED) is 0.728. The van der Waals surface area contributed by atoms with E-state index in [9.17, 15) is 9.59 Å². The van der Waals surface area contributed by atoms with E-state index in [0.29, 0.717) is 12.2 Å². The summed E-state index contributed by atoms with van der Waals surface area (Å²) in [6.45, 7) is 2.18. The van der Waals surface area contributed by atoms with Crippen LogP contribution >= 0.6 is 0 Å². The van der Waals surface area contributed by atoms with Crippen molar-refractivity contribution in [3.63, 3.8) is 0 Å². The fraction of sp³-hybridized carbons (Fsp3) is 0.545. The summed E-state index contributed by atoms with van der Waals surface area (Å²) in [6, 6.07) is 1.68. The minimum absolute atomic E-state index is 0.0331. The third-order valence-electron chi connectivity index (χ3n) is 3.24. The number of carbonyl (C=O) groups is 2. The summed E-state index contributed by atoms with van der Waals surface area (Å²) >= 11 is 0. The molecule has 0 saturated carbocycles. The van der Waals surface area contributed by atoms with Gasteiger partial charge < -0.3 is 15.7 Å². The van der Waals surface area contributed by atoms with Crippen molar-refractivity contribution in [1.82, 2.24) is 14.7 Å². The van der Waals surface area contributed by atoms with E-state index in [2.05, 4.69) is 5.10 Å². The topological polar surface area (TPSA) is 101 Å². The molecule has 7 heteroatoms. The van der Waals surface area contributed by atoms with Crippen molar-refractivity contribution < 1.29 is 14.7 Å². The monoisotopic (exact) mass is 252 g/mol. The highest BCUT2D eigenvalue weighted by molar-refractivity contribution is 5.94. The number of amides is 1. The van der Waals surface area contributed by atoms with Crippen LogP contribution in [0.2, 0.25) is 0 Å². The highest BCUT2D eigenvalue weighted by atomic mass is 16.4. The SMILES string of the molecule is Cc1cc(C(=O)N2CCC(N)(C(=O)O)C2)n(C)n1. The van der Waals surface area contributed by atoms with Crippen molar-refractivity contribution >= 4 is 11.9 Å². The zero-order valence-electron chi connectivity index (χ0n) is 10.4. The average Bonchev–Trinajstić information content (AvgIpc) is 2.82. The molecule has 7 nitrogen and oxygen atoms in total. The van der Waals surface area contributed by atoms with Crippen LogP contribution in [0.1, 0.15) is 22.6 Å². The summed E-state index contributed by atoms with van der Waals surface area (Å²) in [5.41, 5.74) is 5.60. The molecular formula is C11H16N4O3. The number of hydrogen-bond donors (Lipinski definition) is 2. The van der Waals surface area contributed by atoms with Crippen molar-refractivity contribution in [2.24, 2.45) is 12.8 Å². The van der Waals surface area contributed by atoms with Crippen LogP contribution in [0.25, 0.3) is 0 Å². The number of nitrogens with zero attached hydrogens (tertiary/aromatic N) is 3. The van der Waals surface area contributed by atoms with Crippen LogP contribution in [-0.4, -0.2) is 50.3 Å². The molecule has 1 amide bonds. The van der Waals surface area contributed by atoms with E-state index in [4.69, 9.17) is 10.8 Å². The van der Waals surface area contributed by atoms with Gasteiger partial charge in [0.1, 0.15) is 11.2 Å². The molecule has 0 aromatic carbocycles. The molecule has 1 aliphatic rings. The Kier molecular flexibility index (Phi) is 2.86. The van der Waals surface area contributed by atoms with E-state index in [1.165, 1.54) is 9.58 Å². The van der Waals surface area contributed by atoms with Crippen LogP contribution in [0.5, 0.6) is 0 Å². The lowest BCUT2D eigenvalue weighted by Gasteiger charge is -2.20. The molecule has 0 aliphatic carbocycles. The van der Waals surface area contributed by atoms with Crippen LogP contribution in [0.4, 0.5) is 0 Å². The van der Waals surface area contributed by atoms with Crippen molar-refractivity contribution in [1.29, 1.82) is 0 Å². The number of hydrogen-bond acceptors (Lipinski definition) is 4. The zero-order chi connectivity index (χ0) is 13.5. The van der Waals surface area contributed by atoms with Crippen molar-refractivity contribution in [2.75, 3.05) is 13.1 Å². The summed E-state index contributed by atoms with van der Waals surface area (Å²) in [5.74, 6) is -1.30. The number of aliphatic carboxylic acids is 1. The smallest absolute Gasteiger partial charge is 0.325 e. The Labute approximate surface area is 104 Å². The molecule has 1 aliphatic heterocycles. The van der Waals surface area contributed by atoms with E-state index in [-0.39, 0.29) is 18.9 Å². The first-order valence-electron chi connectivity index (χ1n) is 5.66. The predicted molar refractivity (Wildman–Crippen MR) is 63.0 cm³/mol. The molecule has 1 saturated heterocycles. The van der Waals surface area contributed by atoms with Gasteiger partial charge in [0.25, 0.3) is 5.91 Å². The van der Waals surface area contributed by atoms with Gasteiger partial charge in [0, 0.05) is 20.1 Å². The van der Waals surface area contributed by atoms with Crippen LogP contribution in [0.15, 0.2) is 6.07 Å². The number of likely N-dealkylation sites (tertiary alicyclic amines) is 1. The van der Waals surface area contributed by atoms with Gasteiger partial charge in [-0.05, 0) is 19.4 Å². The van der Waals surface area contributed by atoms with E-state index in [1.54, 1.807) is 20.0 Å². The molecule has 1 unspecified atom stereocenters. The number of carboxylic acid groups (broad SMARTS) is 1. The van der Waals surface area contributed by atoms with E-state index in [0.717, 1.165) is 5.69 Å². The van der Waals surface area contributed by atoms with Gasteiger partial charge in [-0.2, -0.15) is 5.10 Å². The Bertz CT molecular complexity index is 510. The molecular weight excluding hydrogens is 236 g/mol. The molecule has 3 N–H and O–H groups in total. The Morgan fingerprint density at radius 2 is 2.22 bits per heavy atom. The van der Waals surface area contributed by atoms with Crippen LogP contribution in [0, 0.1) is 6.92 Å². The Balaban J connectivity index is 2.18. The largest absolute Gasteiger partial charge is 0.480 e. The van der Waals surface area contributed by atoms with E-state index in [1.807, 2.05) is 0 Å². The van der Waals surface area contributed by atoms with Crippen LogP contribution in [0.3, 0.4) is 0 Å². The van der Waals surface area contributed by atoms with Crippen LogP contribution < -0.4 is 5.73 Å². The second kappa shape index (κ2) is 4.09. The number of carboxylic acids is 1. The second-order valence-electron chi connectivity index (χ2n) is 4.73. The van der Waals surface area contributed by atoms with Crippen molar-refractivity contribution in [2.45, 2.75) is 18.9 Å². The molecule has 0 bridgehead atoms. The van der Waals surface area contributed by atoms with Gasteiger partial charge in [0.2, 0.25) is 0 Å². The van der Waals surface area contributed by atoms with Gasteiger partial charge >= 0.3 is 5.97 Å². The summed E-state index contributed by atoms with van der Waals surface area (Å²) in [5, 5.41) is 13.1. The van der Waals surface area contributed by atoms with E-state index >= 15 is 0 Å². The normalized spacial score (nSPS) is 23.4. The summed E-state index contributed by atoms with van der Waals surface area (Å²) < 4.78 is 1.49. The summed E-state index contributed by atoms with van der Waals surface area (Å²) in [4.78, 5) is 24.7.